The first kappa shape index (κ1) is 14.1. The van der Waals surface area contributed by atoms with E-state index in [1.54, 1.807) is 12.3 Å². The number of Topliss-reactive ketones (excluding diaryl/α,β-unsaturated/α-hetero) is 1. The Morgan fingerprint density at radius 3 is 2.63 bits per heavy atom. The van der Waals surface area contributed by atoms with Gasteiger partial charge < -0.3 is 0 Å². The molecule has 0 unspecified atom stereocenters. The molecule has 0 radical (unpaired) electrons. The van der Waals surface area contributed by atoms with Crippen LogP contribution >= 0.6 is 23.4 Å². The summed E-state index contributed by atoms with van der Waals surface area (Å²) in [4.78, 5) is 16.2. The summed E-state index contributed by atoms with van der Waals surface area (Å²) in [6.07, 6.45) is 1.59. The molecule has 2 nitrogen and oxygen atoms in total. The van der Waals surface area contributed by atoms with Gasteiger partial charge in [-0.25, -0.2) is 4.98 Å². The van der Waals surface area contributed by atoms with Gasteiger partial charge in [0.05, 0.1) is 15.8 Å². The highest BCUT2D eigenvalue weighted by atomic mass is 35.5. The van der Waals surface area contributed by atoms with E-state index >= 15 is 0 Å². The van der Waals surface area contributed by atoms with Gasteiger partial charge in [0.25, 0.3) is 0 Å². The number of aryl methyl sites for hydroxylation is 2. The largest absolute Gasteiger partial charge is 0.293 e. The number of carbonyl (C=O) groups is 1. The van der Waals surface area contributed by atoms with Gasteiger partial charge in [0.2, 0.25) is 0 Å². The van der Waals surface area contributed by atoms with Crippen molar-refractivity contribution >= 4 is 29.1 Å². The van der Waals surface area contributed by atoms with E-state index in [0.29, 0.717) is 10.8 Å². The van der Waals surface area contributed by atoms with Crippen molar-refractivity contribution in [2.75, 3.05) is 5.75 Å². The van der Waals surface area contributed by atoms with Crippen LogP contribution in [0.1, 0.15) is 21.5 Å². The average Bonchev–Trinajstić information content (AvgIpc) is 2.41. The van der Waals surface area contributed by atoms with Gasteiger partial charge in [-0.2, -0.15) is 0 Å². The molecule has 0 aliphatic heterocycles. The Morgan fingerprint density at radius 1 is 1.21 bits per heavy atom. The molecule has 0 aliphatic carbocycles. The number of ketones is 1. The molecule has 1 aromatic heterocycles. The third kappa shape index (κ3) is 3.82. The van der Waals surface area contributed by atoms with Crippen molar-refractivity contribution in [3.05, 3.63) is 58.2 Å². The Labute approximate surface area is 122 Å². The molecule has 0 saturated carbocycles. The van der Waals surface area contributed by atoms with Gasteiger partial charge >= 0.3 is 0 Å². The first-order valence-corrected chi connectivity index (χ1v) is 7.27. The fraction of sp³-hybridized carbons (Fsp3) is 0.200. The van der Waals surface area contributed by atoms with Crippen molar-refractivity contribution in [1.82, 2.24) is 4.98 Å². The second-order valence-corrected chi connectivity index (χ2v) is 5.76. The van der Waals surface area contributed by atoms with Crippen molar-refractivity contribution in [3.8, 4) is 0 Å². The molecule has 2 aromatic rings. The van der Waals surface area contributed by atoms with Gasteiger partial charge in [-0.1, -0.05) is 35.5 Å². The molecule has 0 fully saturated rings. The maximum atomic E-state index is 12.1. The maximum Gasteiger partial charge on any atom is 0.173 e. The van der Waals surface area contributed by atoms with Crippen LogP contribution in [-0.4, -0.2) is 16.5 Å². The standard InChI is InChI=1S/C15H14ClNOS/c1-10-3-4-12(7-11(10)2)14(18)9-19-15-6-5-13(16)8-17-15/h3-8H,9H2,1-2H3. The van der Waals surface area contributed by atoms with Gasteiger partial charge in [0.1, 0.15) is 0 Å². The number of benzene rings is 1. The van der Waals surface area contributed by atoms with Crippen LogP contribution in [0.5, 0.6) is 0 Å². The minimum Gasteiger partial charge on any atom is -0.293 e. The normalized spacial score (nSPS) is 10.5. The molecule has 0 saturated heterocycles. The van der Waals surface area contributed by atoms with Crippen LogP contribution < -0.4 is 0 Å². The Kier molecular flexibility index (Phi) is 4.61. The monoisotopic (exact) mass is 291 g/mol. The summed E-state index contributed by atoms with van der Waals surface area (Å²) in [5, 5.41) is 1.41. The number of thioether (sulfide) groups is 1. The van der Waals surface area contributed by atoms with E-state index in [1.807, 2.05) is 38.1 Å². The Balaban J connectivity index is 2.01. The van der Waals surface area contributed by atoms with Crippen LogP contribution in [0.4, 0.5) is 0 Å². The molecule has 98 valence electrons. The van der Waals surface area contributed by atoms with Crippen molar-refractivity contribution in [1.29, 1.82) is 0 Å². The average molecular weight is 292 g/mol. The zero-order valence-electron chi connectivity index (χ0n) is 10.8. The van der Waals surface area contributed by atoms with Crippen LogP contribution in [0.25, 0.3) is 0 Å². The molecule has 4 heteroatoms. The highest BCUT2D eigenvalue weighted by Gasteiger charge is 2.08. The first-order chi connectivity index (χ1) is 9.06. The summed E-state index contributed by atoms with van der Waals surface area (Å²) in [5.41, 5.74) is 3.09. The third-order valence-electron chi connectivity index (χ3n) is 2.88. The summed E-state index contributed by atoms with van der Waals surface area (Å²) in [6.45, 7) is 4.05. The van der Waals surface area contributed by atoms with E-state index in [2.05, 4.69) is 4.98 Å². The molecule has 0 atom stereocenters. The van der Waals surface area contributed by atoms with Gasteiger partial charge in [-0.3, -0.25) is 4.79 Å². The molecule has 0 bridgehead atoms. The van der Waals surface area contributed by atoms with E-state index in [9.17, 15) is 4.79 Å². The molecule has 1 aromatic carbocycles. The molecule has 0 amide bonds. The van der Waals surface area contributed by atoms with Crippen molar-refractivity contribution in [2.24, 2.45) is 0 Å². The minimum absolute atomic E-state index is 0.116. The SMILES string of the molecule is Cc1ccc(C(=O)CSc2ccc(Cl)cn2)cc1C. The number of hydrogen-bond donors (Lipinski definition) is 0. The van der Waals surface area contributed by atoms with Crippen LogP contribution in [0, 0.1) is 13.8 Å². The predicted molar refractivity (Wildman–Crippen MR) is 80.2 cm³/mol. The number of aromatic nitrogens is 1. The molecule has 0 spiro atoms. The lowest BCUT2D eigenvalue weighted by molar-refractivity contribution is 0.102. The number of pyridine rings is 1. The second-order valence-electron chi connectivity index (χ2n) is 4.33. The fourth-order valence-corrected chi connectivity index (χ4v) is 2.43. The molecular formula is C15H14ClNOS. The van der Waals surface area contributed by atoms with Gasteiger partial charge in [-0.05, 0) is 43.2 Å². The van der Waals surface area contributed by atoms with Crippen molar-refractivity contribution in [3.63, 3.8) is 0 Å². The zero-order chi connectivity index (χ0) is 13.8. The topological polar surface area (TPSA) is 30.0 Å². The fourth-order valence-electron chi connectivity index (χ4n) is 1.59. The van der Waals surface area contributed by atoms with E-state index in [-0.39, 0.29) is 5.78 Å². The number of carbonyl (C=O) groups excluding carboxylic acids is 1. The molecule has 2 rings (SSSR count). The lowest BCUT2D eigenvalue weighted by Gasteiger charge is -2.04. The molecular weight excluding hydrogens is 278 g/mol. The van der Waals surface area contributed by atoms with Crippen molar-refractivity contribution < 1.29 is 4.79 Å². The van der Waals surface area contributed by atoms with E-state index < -0.39 is 0 Å². The first-order valence-electron chi connectivity index (χ1n) is 5.91. The smallest absolute Gasteiger partial charge is 0.173 e. The van der Waals surface area contributed by atoms with Crippen LogP contribution in [0.15, 0.2) is 41.6 Å². The highest BCUT2D eigenvalue weighted by Crippen LogP contribution is 2.19. The third-order valence-corrected chi connectivity index (χ3v) is 4.05. The van der Waals surface area contributed by atoms with Gasteiger partial charge in [-0.15, -0.1) is 0 Å². The highest BCUT2D eigenvalue weighted by molar-refractivity contribution is 7.99. The summed E-state index contributed by atoms with van der Waals surface area (Å²) in [7, 11) is 0. The molecule has 1 heterocycles. The molecule has 19 heavy (non-hydrogen) atoms. The van der Waals surface area contributed by atoms with Crippen LogP contribution in [0.3, 0.4) is 0 Å². The Hall–Kier alpha value is -1.32. The number of nitrogens with zero attached hydrogens (tertiary/aromatic N) is 1. The second kappa shape index (κ2) is 6.22. The Morgan fingerprint density at radius 2 is 2.00 bits per heavy atom. The summed E-state index contributed by atoms with van der Waals surface area (Å²) >= 11 is 7.19. The number of rotatable bonds is 4. The predicted octanol–water partition coefficient (Wildman–Crippen LogP) is 4.33. The quantitative estimate of drug-likeness (QED) is 0.620. The van der Waals surface area contributed by atoms with Gasteiger partial charge in [0.15, 0.2) is 5.78 Å². The minimum atomic E-state index is 0.116. The van der Waals surface area contributed by atoms with E-state index in [0.717, 1.165) is 16.2 Å². The maximum absolute atomic E-state index is 12.1. The van der Waals surface area contributed by atoms with Crippen molar-refractivity contribution in [2.45, 2.75) is 18.9 Å². The summed E-state index contributed by atoms with van der Waals surface area (Å²) < 4.78 is 0. The number of hydrogen-bond acceptors (Lipinski definition) is 3. The zero-order valence-corrected chi connectivity index (χ0v) is 12.4. The van der Waals surface area contributed by atoms with Crippen LogP contribution in [-0.2, 0) is 0 Å². The Bertz CT molecular complexity index is 596. The number of halogens is 1. The summed E-state index contributed by atoms with van der Waals surface area (Å²) in [6, 6.07) is 9.39. The lowest BCUT2D eigenvalue weighted by Crippen LogP contribution is -2.03. The lowest BCUT2D eigenvalue weighted by atomic mass is 10.0. The van der Waals surface area contributed by atoms with Crippen LogP contribution in [0.2, 0.25) is 5.02 Å². The molecule has 0 aliphatic rings. The molecule has 0 N–H and O–H groups in total. The van der Waals surface area contributed by atoms with Gasteiger partial charge in [0, 0.05) is 11.8 Å². The van der Waals surface area contributed by atoms with E-state index in [1.165, 1.54) is 17.3 Å². The van der Waals surface area contributed by atoms with E-state index in [4.69, 9.17) is 11.6 Å². The summed E-state index contributed by atoms with van der Waals surface area (Å²) in [5.74, 6) is 0.502.